The third-order valence-corrected chi connectivity index (χ3v) is 2.04. The largest absolute Gasteiger partial charge is 0.401 e. The maximum Gasteiger partial charge on any atom is 0.401 e. The molecule has 3 nitrogen and oxygen atoms in total. The van der Waals surface area contributed by atoms with Crippen molar-refractivity contribution in [2.75, 3.05) is 6.54 Å². The Bertz CT molecular complexity index is 194. The van der Waals surface area contributed by atoms with Gasteiger partial charge in [0.05, 0.1) is 12.6 Å². The zero-order chi connectivity index (χ0) is 11.4. The summed E-state index contributed by atoms with van der Waals surface area (Å²) in [5.41, 5.74) is 4.97. The average Bonchev–Trinajstić information content (AvgIpc) is 2.01. The number of amides is 1. The van der Waals surface area contributed by atoms with Gasteiger partial charge in [0.1, 0.15) is 0 Å². The van der Waals surface area contributed by atoms with Crippen LogP contribution in [0.25, 0.3) is 0 Å². The van der Waals surface area contributed by atoms with Gasteiger partial charge in [0, 0.05) is 0 Å². The van der Waals surface area contributed by atoms with Gasteiger partial charge >= 0.3 is 6.18 Å². The van der Waals surface area contributed by atoms with Crippen LogP contribution in [0.4, 0.5) is 13.2 Å². The molecular formula is C8H15F3N2O. The first-order valence-corrected chi connectivity index (χ1v) is 4.37. The van der Waals surface area contributed by atoms with Crippen LogP contribution >= 0.6 is 0 Å². The summed E-state index contributed by atoms with van der Waals surface area (Å²) in [6, 6.07) is -0.915. The normalized spacial score (nSPS) is 16.4. The molecule has 2 unspecified atom stereocenters. The van der Waals surface area contributed by atoms with Crippen molar-refractivity contribution in [3.05, 3.63) is 0 Å². The molecule has 0 aliphatic rings. The van der Waals surface area contributed by atoms with E-state index in [2.05, 4.69) is 5.32 Å². The van der Waals surface area contributed by atoms with Crippen LogP contribution in [-0.4, -0.2) is 24.7 Å². The van der Waals surface area contributed by atoms with Gasteiger partial charge < -0.3 is 5.73 Å². The van der Waals surface area contributed by atoms with Crippen LogP contribution in [0.1, 0.15) is 20.3 Å². The highest BCUT2D eigenvalue weighted by atomic mass is 19.4. The molecule has 0 aromatic rings. The summed E-state index contributed by atoms with van der Waals surface area (Å²) in [4.78, 5) is 10.8. The van der Waals surface area contributed by atoms with Crippen LogP contribution < -0.4 is 11.1 Å². The molecule has 0 saturated carbocycles. The third kappa shape index (κ3) is 5.06. The molecule has 0 radical (unpaired) electrons. The number of nitrogens with one attached hydrogen (secondary N) is 1. The van der Waals surface area contributed by atoms with Crippen molar-refractivity contribution >= 4 is 5.91 Å². The highest BCUT2D eigenvalue weighted by Gasteiger charge is 2.30. The molecule has 1 amide bonds. The predicted octanol–water partition coefficient (Wildman–Crippen LogP) is 1.04. The molecule has 14 heavy (non-hydrogen) atoms. The minimum Gasteiger partial charge on any atom is -0.368 e. The number of hydrogen-bond donors (Lipinski definition) is 2. The third-order valence-electron chi connectivity index (χ3n) is 2.04. The quantitative estimate of drug-likeness (QED) is 0.715. The summed E-state index contributed by atoms with van der Waals surface area (Å²) in [5.74, 6) is -0.946. The van der Waals surface area contributed by atoms with Crippen LogP contribution in [0, 0.1) is 5.92 Å². The van der Waals surface area contributed by atoms with Gasteiger partial charge in [-0.15, -0.1) is 0 Å². The smallest absolute Gasteiger partial charge is 0.368 e. The monoisotopic (exact) mass is 212 g/mol. The van der Waals surface area contributed by atoms with E-state index in [0.29, 0.717) is 6.42 Å². The fourth-order valence-electron chi connectivity index (χ4n) is 1.04. The highest BCUT2D eigenvalue weighted by molar-refractivity contribution is 5.80. The SMILES string of the molecule is CCC(C)C(NCC(F)(F)F)C(N)=O. The van der Waals surface area contributed by atoms with Crippen LogP contribution in [0.3, 0.4) is 0 Å². The van der Waals surface area contributed by atoms with E-state index in [1.54, 1.807) is 13.8 Å². The number of rotatable bonds is 5. The number of hydrogen-bond acceptors (Lipinski definition) is 2. The van der Waals surface area contributed by atoms with Crippen molar-refractivity contribution in [1.82, 2.24) is 5.32 Å². The molecule has 0 rings (SSSR count). The Hall–Kier alpha value is -0.780. The van der Waals surface area contributed by atoms with Crippen molar-refractivity contribution in [2.24, 2.45) is 11.7 Å². The van der Waals surface area contributed by atoms with E-state index in [1.165, 1.54) is 0 Å². The summed E-state index contributed by atoms with van der Waals surface area (Å²) >= 11 is 0. The Balaban J connectivity index is 4.18. The Labute approximate surface area is 80.8 Å². The van der Waals surface area contributed by atoms with E-state index in [1.807, 2.05) is 0 Å². The second-order valence-electron chi connectivity index (χ2n) is 3.26. The number of nitrogens with two attached hydrogens (primary N) is 1. The predicted molar refractivity (Wildman–Crippen MR) is 46.5 cm³/mol. The molecule has 0 aliphatic heterocycles. The van der Waals surface area contributed by atoms with Gasteiger partial charge in [0.2, 0.25) is 5.91 Å². The average molecular weight is 212 g/mol. The van der Waals surface area contributed by atoms with Crippen LogP contribution in [0.15, 0.2) is 0 Å². The molecular weight excluding hydrogens is 197 g/mol. The number of primary amides is 1. The van der Waals surface area contributed by atoms with Crippen molar-refractivity contribution in [2.45, 2.75) is 32.5 Å². The summed E-state index contributed by atoms with van der Waals surface area (Å²) in [5, 5.41) is 2.11. The first kappa shape index (κ1) is 13.2. The number of halogens is 3. The molecule has 0 bridgehead atoms. The minimum atomic E-state index is -4.32. The fourth-order valence-corrected chi connectivity index (χ4v) is 1.04. The molecule has 84 valence electrons. The van der Waals surface area contributed by atoms with E-state index >= 15 is 0 Å². The molecule has 0 aromatic carbocycles. The molecule has 2 atom stereocenters. The molecule has 0 fully saturated rings. The Morgan fingerprint density at radius 3 is 2.29 bits per heavy atom. The maximum absolute atomic E-state index is 11.8. The van der Waals surface area contributed by atoms with E-state index in [4.69, 9.17) is 5.73 Å². The van der Waals surface area contributed by atoms with Crippen LogP contribution in [0.2, 0.25) is 0 Å². The lowest BCUT2D eigenvalue weighted by Crippen LogP contribution is -2.48. The van der Waals surface area contributed by atoms with Gasteiger partial charge in [-0.3, -0.25) is 10.1 Å². The van der Waals surface area contributed by atoms with Crippen LogP contribution in [0.5, 0.6) is 0 Å². The molecule has 0 aromatic heterocycles. The molecule has 0 heterocycles. The van der Waals surface area contributed by atoms with Crippen LogP contribution in [-0.2, 0) is 4.79 Å². The lowest BCUT2D eigenvalue weighted by Gasteiger charge is -2.21. The van der Waals surface area contributed by atoms with Gasteiger partial charge in [0.25, 0.3) is 0 Å². The number of carbonyl (C=O) groups excluding carboxylic acids is 1. The molecule has 6 heteroatoms. The lowest BCUT2D eigenvalue weighted by molar-refractivity contribution is -0.132. The summed E-state index contributed by atoms with van der Waals surface area (Å²) in [7, 11) is 0. The highest BCUT2D eigenvalue weighted by Crippen LogP contribution is 2.14. The first-order chi connectivity index (χ1) is 6.28. The van der Waals surface area contributed by atoms with Gasteiger partial charge in [-0.1, -0.05) is 20.3 Å². The van der Waals surface area contributed by atoms with Gasteiger partial charge in [-0.2, -0.15) is 13.2 Å². The molecule has 0 spiro atoms. The van der Waals surface area contributed by atoms with Gasteiger partial charge in [0.15, 0.2) is 0 Å². The first-order valence-electron chi connectivity index (χ1n) is 4.37. The summed E-state index contributed by atoms with van der Waals surface area (Å²) in [6.45, 7) is 2.28. The Kier molecular flexibility index (Phi) is 4.90. The zero-order valence-electron chi connectivity index (χ0n) is 8.19. The molecule has 0 saturated heterocycles. The van der Waals surface area contributed by atoms with E-state index < -0.39 is 24.7 Å². The summed E-state index contributed by atoms with van der Waals surface area (Å²) < 4.78 is 35.5. The van der Waals surface area contributed by atoms with Gasteiger partial charge in [-0.25, -0.2) is 0 Å². The van der Waals surface area contributed by atoms with Gasteiger partial charge in [-0.05, 0) is 5.92 Å². The maximum atomic E-state index is 11.8. The zero-order valence-corrected chi connectivity index (χ0v) is 8.19. The second-order valence-corrected chi connectivity index (χ2v) is 3.26. The van der Waals surface area contributed by atoms with E-state index in [-0.39, 0.29) is 5.92 Å². The lowest BCUT2D eigenvalue weighted by atomic mass is 9.99. The van der Waals surface area contributed by atoms with Crippen molar-refractivity contribution in [3.63, 3.8) is 0 Å². The molecule has 0 aliphatic carbocycles. The number of alkyl halides is 3. The Morgan fingerprint density at radius 2 is 2.00 bits per heavy atom. The molecule has 3 N–H and O–H groups in total. The topological polar surface area (TPSA) is 55.1 Å². The van der Waals surface area contributed by atoms with E-state index in [9.17, 15) is 18.0 Å². The Morgan fingerprint density at radius 1 is 1.50 bits per heavy atom. The number of carbonyl (C=O) groups is 1. The van der Waals surface area contributed by atoms with E-state index in [0.717, 1.165) is 0 Å². The standard InChI is InChI=1S/C8H15F3N2O/c1-3-5(2)6(7(12)14)13-4-8(9,10)11/h5-6,13H,3-4H2,1-2H3,(H2,12,14). The fraction of sp³-hybridized carbons (Fsp3) is 0.875. The minimum absolute atomic E-state index is 0.199. The van der Waals surface area contributed by atoms with Crippen molar-refractivity contribution < 1.29 is 18.0 Å². The summed E-state index contributed by atoms with van der Waals surface area (Å²) in [6.07, 6.45) is -3.72. The second kappa shape index (κ2) is 5.19. The van der Waals surface area contributed by atoms with Crippen molar-refractivity contribution in [3.8, 4) is 0 Å². The van der Waals surface area contributed by atoms with Crippen molar-refractivity contribution in [1.29, 1.82) is 0 Å².